The topological polar surface area (TPSA) is 24.1 Å². The van der Waals surface area contributed by atoms with E-state index < -0.39 is 0 Å². The number of benzene rings is 2. The molecule has 0 amide bonds. The zero-order chi connectivity index (χ0) is 15.1. The van der Waals surface area contributed by atoms with Crippen molar-refractivity contribution in [2.45, 2.75) is 38.8 Å². The molecule has 22 heavy (non-hydrogen) atoms. The molecule has 0 saturated heterocycles. The molecule has 0 aromatic heterocycles. The van der Waals surface area contributed by atoms with Crippen LogP contribution in [0.4, 0.5) is 11.4 Å². The van der Waals surface area contributed by atoms with Crippen LogP contribution in [0.15, 0.2) is 48.5 Å². The molecule has 0 aliphatic carbocycles. The molecule has 2 heterocycles. The van der Waals surface area contributed by atoms with E-state index in [1.165, 1.54) is 35.3 Å². The van der Waals surface area contributed by atoms with Crippen LogP contribution in [-0.2, 0) is 12.8 Å². The van der Waals surface area contributed by atoms with Crippen molar-refractivity contribution in [1.82, 2.24) is 0 Å². The molecule has 2 aliphatic rings. The van der Waals surface area contributed by atoms with Crippen molar-refractivity contribution in [3.63, 3.8) is 0 Å². The van der Waals surface area contributed by atoms with Gasteiger partial charge in [0.2, 0.25) is 0 Å². The van der Waals surface area contributed by atoms with E-state index in [1.807, 2.05) is 0 Å². The molecule has 2 aromatic carbocycles. The van der Waals surface area contributed by atoms with E-state index in [2.05, 4.69) is 73.0 Å². The molecule has 2 nitrogen and oxygen atoms in total. The SMILES string of the molecule is C[C@@H]1Cc2ccccc2N[C@@H]1[C@@H]1Nc2ccccc2C[C@@H]1C. The molecule has 0 fully saturated rings. The first-order valence-corrected chi connectivity index (χ1v) is 8.41. The highest BCUT2D eigenvalue weighted by molar-refractivity contribution is 5.58. The van der Waals surface area contributed by atoms with E-state index >= 15 is 0 Å². The van der Waals surface area contributed by atoms with E-state index in [-0.39, 0.29) is 0 Å². The minimum absolute atomic E-state index is 0.484. The Labute approximate surface area is 132 Å². The van der Waals surface area contributed by atoms with E-state index in [1.54, 1.807) is 0 Å². The lowest BCUT2D eigenvalue weighted by molar-refractivity contribution is 0.338. The highest BCUT2D eigenvalue weighted by atomic mass is 15.1. The molecule has 4 atom stereocenters. The van der Waals surface area contributed by atoms with E-state index in [4.69, 9.17) is 0 Å². The van der Waals surface area contributed by atoms with Gasteiger partial charge in [-0.3, -0.25) is 0 Å². The van der Waals surface area contributed by atoms with Crippen LogP contribution in [0.3, 0.4) is 0 Å². The van der Waals surface area contributed by atoms with Gasteiger partial charge in [0, 0.05) is 23.5 Å². The van der Waals surface area contributed by atoms with Crippen LogP contribution in [0.2, 0.25) is 0 Å². The van der Waals surface area contributed by atoms with Crippen molar-refractivity contribution in [3.05, 3.63) is 59.7 Å². The normalized spacial score (nSPS) is 29.7. The molecule has 0 radical (unpaired) electrons. The van der Waals surface area contributed by atoms with Crippen LogP contribution >= 0.6 is 0 Å². The summed E-state index contributed by atoms with van der Waals surface area (Å²) in [6, 6.07) is 18.5. The van der Waals surface area contributed by atoms with Gasteiger partial charge in [0.05, 0.1) is 0 Å². The molecule has 2 heteroatoms. The first-order valence-electron chi connectivity index (χ1n) is 8.41. The molecule has 2 aliphatic heterocycles. The number of para-hydroxylation sites is 2. The summed E-state index contributed by atoms with van der Waals surface area (Å²) < 4.78 is 0. The average Bonchev–Trinajstić information content (AvgIpc) is 2.54. The number of nitrogens with one attached hydrogen (secondary N) is 2. The standard InChI is InChI=1S/C20H24N2/c1-13-11-15-7-3-5-9-17(15)21-19(13)20-14(2)12-16-8-4-6-10-18(16)22-20/h3-10,13-14,19-22H,11-12H2,1-2H3/t13-,14+,19+,20-. The smallest absolute Gasteiger partial charge is 0.0494 e. The number of hydrogen-bond acceptors (Lipinski definition) is 2. The summed E-state index contributed by atoms with van der Waals surface area (Å²) in [6.07, 6.45) is 2.33. The van der Waals surface area contributed by atoms with Crippen LogP contribution in [0, 0.1) is 11.8 Å². The predicted octanol–water partition coefficient (Wildman–Crippen LogP) is 4.33. The first-order chi connectivity index (χ1) is 10.7. The second-order valence-electron chi connectivity index (χ2n) is 7.02. The Morgan fingerprint density at radius 2 is 1.09 bits per heavy atom. The molecule has 4 rings (SSSR count). The summed E-state index contributed by atoms with van der Waals surface area (Å²) in [5.74, 6) is 1.28. The van der Waals surface area contributed by atoms with Gasteiger partial charge in [-0.25, -0.2) is 0 Å². The Kier molecular flexibility index (Phi) is 3.33. The van der Waals surface area contributed by atoms with Gasteiger partial charge >= 0.3 is 0 Å². The minimum atomic E-state index is 0.484. The van der Waals surface area contributed by atoms with E-state index in [0.717, 1.165) is 0 Å². The lowest BCUT2D eigenvalue weighted by Crippen LogP contribution is -2.51. The molecule has 0 unspecified atom stereocenters. The minimum Gasteiger partial charge on any atom is -0.380 e. The number of hydrogen-bond donors (Lipinski definition) is 2. The van der Waals surface area contributed by atoms with Crippen molar-refractivity contribution in [3.8, 4) is 0 Å². The molecule has 0 bridgehead atoms. The zero-order valence-corrected chi connectivity index (χ0v) is 13.3. The third kappa shape index (κ3) is 2.27. The maximum atomic E-state index is 3.82. The van der Waals surface area contributed by atoms with Crippen molar-refractivity contribution >= 4 is 11.4 Å². The van der Waals surface area contributed by atoms with Gasteiger partial charge in [-0.15, -0.1) is 0 Å². The van der Waals surface area contributed by atoms with Gasteiger partial charge in [-0.05, 0) is 47.9 Å². The fraction of sp³-hybridized carbons (Fsp3) is 0.400. The van der Waals surface area contributed by atoms with E-state index in [0.29, 0.717) is 23.9 Å². The molecule has 2 N–H and O–H groups in total. The van der Waals surface area contributed by atoms with Crippen molar-refractivity contribution < 1.29 is 0 Å². The first kappa shape index (κ1) is 13.7. The second-order valence-corrected chi connectivity index (χ2v) is 7.02. The second kappa shape index (κ2) is 5.35. The summed E-state index contributed by atoms with van der Waals surface area (Å²) >= 11 is 0. The average molecular weight is 292 g/mol. The Bertz CT molecular complexity index is 619. The van der Waals surface area contributed by atoms with Gasteiger partial charge in [-0.2, -0.15) is 0 Å². The van der Waals surface area contributed by atoms with Gasteiger partial charge in [0.1, 0.15) is 0 Å². The lowest BCUT2D eigenvalue weighted by atomic mass is 9.77. The van der Waals surface area contributed by atoms with Crippen LogP contribution in [0.25, 0.3) is 0 Å². The maximum absolute atomic E-state index is 3.82. The maximum Gasteiger partial charge on any atom is 0.0494 e. The Morgan fingerprint density at radius 3 is 1.55 bits per heavy atom. The molecule has 0 saturated carbocycles. The van der Waals surface area contributed by atoms with Crippen molar-refractivity contribution in [2.24, 2.45) is 11.8 Å². The molecular weight excluding hydrogens is 268 g/mol. The molecule has 114 valence electrons. The third-order valence-corrected chi connectivity index (χ3v) is 5.38. The molecule has 2 aromatic rings. The summed E-state index contributed by atoms with van der Waals surface area (Å²) in [6.45, 7) is 4.75. The van der Waals surface area contributed by atoms with Crippen LogP contribution in [0.1, 0.15) is 25.0 Å². The Hall–Kier alpha value is -1.96. The largest absolute Gasteiger partial charge is 0.380 e. The fourth-order valence-corrected chi connectivity index (χ4v) is 4.16. The predicted molar refractivity (Wildman–Crippen MR) is 93.4 cm³/mol. The Balaban J connectivity index is 1.62. The van der Waals surface area contributed by atoms with Crippen molar-refractivity contribution in [2.75, 3.05) is 10.6 Å². The quantitative estimate of drug-likeness (QED) is 0.817. The van der Waals surface area contributed by atoms with Crippen LogP contribution in [0.5, 0.6) is 0 Å². The highest BCUT2D eigenvalue weighted by Gasteiger charge is 2.36. The monoisotopic (exact) mass is 292 g/mol. The van der Waals surface area contributed by atoms with E-state index in [9.17, 15) is 0 Å². The van der Waals surface area contributed by atoms with Gasteiger partial charge in [0.25, 0.3) is 0 Å². The van der Waals surface area contributed by atoms with Crippen LogP contribution < -0.4 is 10.6 Å². The Morgan fingerprint density at radius 1 is 0.682 bits per heavy atom. The lowest BCUT2D eigenvalue weighted by Gasteiger charge is -2.43. The fourth-order valence-electron chi connectivity index (χ4n) is 4.16. The molecular formula is C20H24N2. The van der Waals surface area contributed by atoms with Gasteiger partial charge < -0.3 is 10.6 Å². The van der Waals surface area contributed by atoms with Gasteiger partial charge in [0.15, 0.2) is 0 Å². The molecule has 0 spiro atoms. The van der Waals surface area contributed by atoms with Gasteiger partial charge in [-0.1, -0.05) is 50.2 Å². The highest BCUT2D eigenvalue weighted by Crippen LogP contribution is 2.36. The number of anilines is 2. The number of rotatable bonds is 1. The number of fused-ring (bicyclic) bond motifs is 2. The summed E-state index contributed by atoms with van der Waals surface area (Å²) in [4.78, 5) is 0. The summed E-state index contributed by atoms with van der Waals surface area (Å²) in [5.41, 5.74) is 5.54. The van der Waals surface area contributed by atoms with Crippen LogP contribution in [-0.4, -0.2) is 12.1 Å². The third-order valence-electron chi connectivity index (χ3n) is 5.38. The van der Waals surface area contributed by atoms with Crippen molar-refractivity contribution in [1.29, 1.82) is 0 Å². The summed E-state index contributed by atoms with van der Waals surface area (Å²) in [5, 5.41) is 7.63. The summed E-state index contributed by atoms with van der Waals surface area (Å²) in [7, 11) is 0. The zero-order valence-electron chi connectivity index (χ0n) is 13.3.